The van der Waals surface area contributed by atoms with E-state index in [0.717, 1.165) is 0 Å². The molecule has 0 aliphatic carbocycles. The van der Waals surface area contributed by atoms with Crippen LogP contribution in [0.4, 0.5) is 4.39 Å². The number of benzene rings is 1. The average Bonchev–Trinajstić information content (AvgIpc) is 3.00. The number of ether oxygens (including phenoxy) is 1. The zero-order valence-electron chi connectivity index (χ0n) is 13.9. The summed E-state index contributed by atoms with van der Waals surface area (Å²) < 4.78 is 24.8. The first-order valence-electron chi connectivity index (χ1n) is 7.84. The molecule has 0 bridgehead atoms. The number of morpholine rings is 1. The second-order valence-electron chi connectivity index (χ2n) is 6.62. The molecule has 3 rings (SSSR count). The predicted octanol–water partition coefficient (Wildman–Crippen LogP) is 3.28. The van der Waals surface area contributed by atoms with Gasteiger partial charge in [-0.3, -0.25) is 4.90 Å². The standard InChI is InChI=1S/C16H19Cl2FN4O2/c1-16(2,20)15-21-14(25-22-15)8-23-3-4-24-13(7-23)9-5-12(19)11(18)6-10(9)17/h5-6,13H,3-4,7-8,20H2,1-2H3. The summed E-state index contributed by atoms with van der Waals surface area (Å²) in [6.45, 7) is 5.76. The predicted molar refractivity (Wildman–Crippen MR) is 91.9 cm³/mol. The van der Waals surface area contributed by atoms with Crippen LogP contribution in [0.5, 0.6) is 0 Å². The van der Waals surface area contributed by atoms with Crippen LogP contribution in [0.2, 0.25) is 10.0 Å². The number of hydrogen-bond acceptors (Lipinski definition) is 6. The van der Waals surface area contributed by atoms with Gasteiger partial charge in [0.25, 0.3) is 0 Å². The van der Waals surface area contributed by atoms with Crippen LogP contribution in [-0.4, -0.2) is 34.7 Å². The Morgan fingerprint density at radius 1 is 1.36 bits per heavy atom. The zero-order chi connectivity index (χ0) is 18.2. The molecule has 2 heterocycles. The van der Waals surface area contributed by atoms with Crippen molar-refractivity contribution in [1.82, 2.24) is 15.0 Å². The molecule has 0 saturated carbocycles. The molecular formula is C16H19Cl2FN4O2. The van der Waals surface area contributed by atoms with Gasteiger partial charge in [0.05, 0.1) is 29.8 Å². The maximum Gasteiger partial charge on any atom is 0.240 e. The summed E-state index contributed by atoms with van der Waals surface area (Å²) in [5.74, 6) is 0.409. The number of aromatic nitrogens is 2. The Bertz CT molecular complexity index is 763. The lowest BCUT2D eigenvalue weighted by Crippen LogP contribution is -2.38. The van der Waals surface area contributed by atoms with Crippen molar-refractivity contribution >= 4 is 23.2 Å². The Hall–Kier alpha value is -1.25. The van der Waals surface area contributed by atoms with Crippen LogP contribution in [0, 0.1) is 5.82 Å². The third-order valence-corrected chi connectivity index (χ3v) is 4.56. The molecule has 1 aliphatic rings. The minimum atomic E-state index is -0.663. The summed E-state index contributed by atoms with van der Waals surface area (Å²) in [4.78, 5) is 6.41. The summed E-state index contributed by atoms with van der Waals surface area (Å²) in [7, 11) is 0. The van der Waals surface area contributed by atoms with E-state index in [-0.39, 0.29) is 11.1 Å². The van der Waals surface area contributed by atoms with Crippen LogP contribution in [-0.2, 0) is 16.8 Å². The molecule has 1 saturated heterocycles. The first-order chi connectivity index (χ1) is 11.7. The Labute approximate surface area is 155 Å². The maximum absolute atomic E-state index is 13.8. The highest BCUT2D eigenvalue weighted by atomic mass is 35.5. The average molecular weight is 389 g/mol. The van der Waals surface area contributed by atoms with Crippen LogP contribution < -0.4 is 5.73 Å². The van der Waals surface area contributed by atoms with Gasteiger partial charge in [0.15, 0.2) is 5.82 Å². The van der Waals surface area contributed by atoms with Crippen LogP contribution in [0.15, 0.2) is 16.7 Å². The number of nitrogens with two attached hydrogens (primary N) is 1. The van der Waals surface area contributed by atoms with Gasteiger partial charge in [0.2, 0.25) is 5.89 Å². The van der Waals surface area contributed by atoms with Gasteiger partial charge >= 0.3 is 0 Å². The van der Waals surface area contributed by atoms with E-state index < -0.39 is 11.4 Å². The second-order valence-corrected chi connectivity index (χ2v) is 7.43. The normalized spacial score (nSPS) is 19.4. The van der Waals surface area contributed by atoms with Crippen molar-refractivity contribution in [3.8, 4) is 0 Å². The van der Waals surface area contributed by atoms with Gasteiger partial charge in [-0.05, 0) is 26.0 Å². The fourth-order valence-electron chi connectivity index (χ4n) is 2.59. The van der Waals surface area contributed by atoms with E-state index in [1.165, 1.54) is 12.1 Å². The number of hydrogen-bond donors (Lipinski definition) is 1. The molecular weight excluding hydrogens is 370 g/mol. The van der Waals surface area contributed by atoms with E-state index in [2.05, 4.69) is 15.0 Å². The molecule has 136 valence electrons. The largest absolute Gasteiger partial charge is 0.371 e. The third-order valence-electron chi connectivity index (χ3n) is 3.94. The lowest BCUT2D eigenvalue weighted by atomic mass is 10.1. The molecule has 1 aliphatic heterocycles. The highest BCUT2D eigenvalue weighted by molar-refractivity contribution is 6.35. The molecule has 2 aromatic rings. The first kappa shape index (κ1) is 18.5. The van der Waals surface area contributed by atoms with Crippen LogP contribution >= 0.6 is 23.2 Å². The Morgan fingerprint density at radius 2 is 2.12 bits per heavy atom. The van der Waals surface area contributed by atoms with Crippen molar-refractivity contribution in [2.24, 2.45) is 5.73 Å². The van der Waals surface area contributed by atoms with E-state index >= 15 is 0 Å². The van der Waals surface area contributed by atoms with Gasteiger partial charge in [0.1, 0.15) is 5.82 Å². The van der Waals surface area contributed by atoms with E-state index in [1.54, 1.807) is 0 Å². The molecule has 25 heavy (non-hydrogen) atoms. The summed E-state index contributed by atoms with van der Waals surface area (Å²) >= 11 is 11.9. The monoisotopic (exact) mass is 388 g/mol. The highest BCUT2D eigenvalue weighted by Crippen LogP contribution is 2.32. The van der Waals surface area contributed by atoms with Crippen molar-refractivity contribution in [1.29, 1.82) is 0 Å². The van der Waals surface area contributed by atoms with Gasteiger partial charge in [-0.2, -0.15) is 4.98 Å². The van der Waals surface area contributed by atoms with Crippen LogP contribution in [0.1, 0.15) is 37.2 Å². The van der Waals surface area contributed by atoms with Crippen molar-refractivity contribution in [2.75, 3.05) is 19.7 Å². The molecule has 9 heteroatoms. The molecule has 0 spiro atoms. The first-order valence-corrected chi connectivity index (χ1v) is 8.60. The van der Waals surface area contributed by atoms with E-state index in [9.17, 15) is 4.39 Å². The minimum absolute atomic E-state index is 0.01000. The van der Waals surface area contributed by atoms with Crippen molar-refractivity contribution in [3.05, 3.63) is 45.3 Å². The Kier molecular flexibility index (Phi) is 5.31. The molecule has 1 atom stereocenters. The molecule has 2 N–H and O–H groups in total. The van der Waals surface area contributed by atoms with Gasteiger partial charge in [-0.1, -0.05) is 28.4 Å². The fourth-order valence-corrected chi connectivity index (χ4v) is 3.10. The van der Waals surface area contributed by atoms with Gasteiger partial charge in [0, 0.05) is 23.7 Å². The lowest BCUT2D eigenvalue weighted by Gasteiger charge is -2.32. The molecule has 0 radical (unpaired) electrons. The maximum atomic E-state index is 13.8. The fraction of sp³-hybridized carbons (Fsp3) is 0.500. The van der Waals surface area contributed by atoms with Crippen LogP contribution in [0.25, 0.3) is 0 Å². The molecule has 1 aromatic carbocycles. The van der Waals surface area contributed by atoms with E-state index in [1.807, 2.05) is 13.8 Å². The van der Waals surface area contributed by atoms with E-state index in [4.69, 9.17) is 38.2 Å². The number of rotatable bonds is 4. The second kappa shape index (κ2) is 7.17. The lowest BCUT2D eigenvalue weighted by molar-refractivity contribution is -0.0356. The minimum Gasteiger partial charge on any atom is -0.371 e. The molecule has 0 amide bonds. The SMILES string of the molecule is CC(C)(N)c1noc(CN2CCOC(c3cc(F)c(Cl)cc3Cl)C2)n1. The van der Waals surface area contributed by atoms with Crippen LogP contribution in [0.3, 0.4) is 0 Å². The molecule has 1 fully saturated rings. The number of halogens is 3. The van der Waals surface area contributed by atoms with Gasteiger partial charge in [-0.25, -0.2) is 4.39 Å². The van der Waals surface area contributed by atoms with Gasteiger partial charge < -0.3 is 15.0 Å². The summed E-state index contributed by atoms with van der Waals surface area (Å²) in [6, 6.07) is 2.71. The number of nitrogens with zero attached hydrogens (tertiary/aromatic N) is 3. The highest BCUT2D eigenvalue weighted by Gasteiger charge is 2.27. The molecule has 1 aromatic heterocycles. The molecule has 1 unspecified atom stereocenters. The Morgan fingerprint density at radius 3 is 2.80 bits per heavy atom. The molecule has 6 nitrogen and oxygen atoms in total. The summed E-state index contributed by atoms with van der Waals surface area (Å²) in [5, 5.41) is 4.28. The van der Waals surface area contributed by atoms with Crippen molar-refractivity contribution < 1.29 is 13.7 Å². The summed E-state index contributed by atoms with van der Waals surface area (Å²) in [5.41, 5.74) is 5.87. The zero-order valence-corrected chi connectivity index (χ0v) is 15.4. The smallest absolute Gasteiger partial charge is 0.240 e. The van der Waals surface area contributed by atoms with Crippen molar-refractivity contribution in [3.63, 3.8) is 0 Å². The van der Waals surface area contributed by atoms with Gasteiger partial charge in [-0.15, -0.1) is 0 Å². The third kappa shape index (κ3) is 4.30. The van der Waals surface area contributed by atoms with E-state index in [0.29, 0.717) is 48.5 Å². The summed E-state index contributed by atoms with van der Waals surface area (Å²) in [6.07, 6.45) is -0.360. The topological polar surface area (TPSA) is 77.4 Å². The van der Waals surface area contributed by atoms with Crippen molar-refractivity contribution in [2.45, 2.75) is 32.0 Å². The quantitative estimate of drug-likeness (QED) is 0.809. The Balaban J connectivity index is 1.71.